The van der Waals surface area contributed by atoms with Gasteiger partial charge in [0.2, 0.25) is 0 Å². The van der Waals surface area contributed by atoms with Crippen molar-refractivity contribution in [1.29, 1.82) is 0 Å². The van der Waals surface area contributed by atoms with Gasteiger partial charge in [-0.1, -0.05) is 20.4 Å². The van der Waals surface area contributed by atoms with Crippen LogP contribution in [0.1, 0.15) is 27.7 Å². The van der Waals surface area contributed by atoms with E-state index in [4.69, 9.17) is 9.16 Å². The number of hydrogen-bond donors (Lipinski definition) is 0. The molecule has 0 aromatic heterocycles. The second-order valence-corrected chi connectivity index (χ2v) is 8.56. The molecule has 0 aromatic rings. The quantitative estimate of drug-likeness (QED) is 0.374. The highest BCUT2D eigenvalue weighted by Gasteiger charge is 2.30. The summed E-state index contributed by atoms with van der Waals surface area (Å²) in [5.41, 5.74) is 0.455. The zero-order valence-corrected chi connectivity index (χ0v) is 12.0. The summed E-state index contributed by atoms with van der Waals surface area (Å²) in [4.78, 5) is 11.2. The minimum Gasteiger partial charge on any atom is -0.463 e. The molecule has 94 valence electrons. The molecular weight excluding hydrogens is 220 g/mol. The van der Waals surface area contributed by atoms with Crippen molar-refractivity contribution in [2.24, 2.45) is 0 Å². The number of carbonyl (C=O) groups is 1. The van der Waals surface area contributed by atoms with Crippen LogP contribution < -0.4 is 0 Å². The molecule has 0 spiro atoms. The van der Waals surface area contributed by atoms with Gasteiger partial charge in [0.05, 0.1) is 6.61 Å². The number of hydrogen-bond acceptors (Lipinski definition) is 3. The van der Waals surface area contributed by atoms with Crippen LogP contribution >= 0.6 is 0 Å². The van der Waals surface area contributed by atoms with E-state index in [-0.39, 0.29) is 5.97 Å². The molecule has 0 unspecified atom stereocenters. The Balaban J connectivity index is 4.12. The summed E-state index contributed by atoms with van der Waals surface area (Å²) in [6.07, 6.45) is 0. The summed E-state index contributed by atoms with van der Waals surface area (Å²) >= 11 is 0. The molecule has 3 nitrogen and oxygen atoms in total. The lowest BCUT2D eigenvalue weighted by Gasteiger charge is -2.28. The van der Waals surface area contributed by atoms with Crippen LogP contribution in [0.15, 0.2) is 12.2 Å². The Kier molecular flexibility index (Phi) is 7.33. The number of rotatable bonds is 8. The fourth-order valence-electron chi connectivity index (χ4n) is 1.64. The van der Waals surface area contributed by atoms with Crippen molar-refractivity contribution in [3.05, 3.63) is 12.2 Å². The van der Waals surface area contributed by atoms with E-state index in [1.54, 1.807) is 6.92 Å². The number of ether oxygens (including phenoxy) is 1. The van der Waals surface area contributed by atoms with E-state index in [0.717, 1.165) is 24.7 Å². The normalized spacial score (nSPS) is 11.2. The molecule has 0 radical (unpaired) electrons. The van der Waals surface area contributed by atoms with Crippen molar-refractivity contribution < 1.29 is 14.0 Å². The topological polar surface area (TPSA) is 35.5 Å². The lowest BCUT2D eigenvalue weighted by atomic mass is 10.4. The third-order valence-electron chi connectivity index (χ3n) is 2.88. The first-order valence-corrected chi connectivity index (χ1v) is 8.50. The van der Waals surface area contributed by atoms with Crippen molar-refractivity contribution in [2.45, 2.75) is 45.8 Å². The van der Waals surface area contributed by atoms with Crippen LogP contribution in [0.3, 0.4) is 0 Å². The Morgan fingerprint density at radius 2 is 1.81 bits per heavy atom. The van der Waals surface area contributed by atoms with Crippen LogP contribution in [0, 0.1) is 0 Å². The number of esters is 1. The Bertz CT molecular complexity index is 234. The van der Waals surface area contributed by atoms with Crippen molar-refractivity contribution >= 4 is 14.3 Å². The third kappa shape index (κ3) is 4.94. The Hall–Kier alpha value is -0.613. The summed E-state index contributed by atoms with van der Waals surface area (Å²) in [5, 5.41) is 0. The van der Waals surface area contributed by atoms with Gasteiger partial charge in [0.25, 0.3) is 0 Å². The van der Waals surface area contributed by atoms with E-state index in [9.17, 15) is 4.79 Å². The van der Waals surface area contributed by atoms with Crippen LogP contribution in [-0.4, -0.2) is 27.5 Å². The van der Waals surface area contributed by atoms with Crippen molar-refractivity contribution in [1.82, 2.24) is 0 Å². The highest BCUT2D eigenvalue weighted by Crippen LogP contribution is 2.22. The largest absolute Gasteiger partial charge is 0.463 e. The minimum atomic E-state index is -1.65. The SMILES string of the molecule is C=C(C)C(=O)OCC[Si](CC)(CC)OCC. The fraction of sp³-hybridized carbons (Fsp3) is 0.750. The smallest absolute Gasteiger partial charge is 0.333 e. The van der Waals surface area contributed by atoms with Gasteiger partial charge < -0.3 is 9.16 Å². The molecule has 0 atom stereocenters. The van der Waals surface area contributed by atoms with Crippen LogP contribution in [-0.2, 0) is 14.0 Å². The van der Waals surface area contributed by atoms with Crippen LogP contribution in [0.4, 0.5) is 0 Å². The van der Waals surface area contributed by atoms with E-state index >= 15 is 0 Å². The van der Waals surface area contributed by atoms with Crippen LogP contribution in [0.25, 0.3) is 0 Å². The molecule has 16 heavy (non-hydrogen) atoms. The lowest BCUT2D eigenvalue weighted by Crippen LogP contribution is -2.38. The first-order valence-electron chi connectivity index (χ1n) is 5.98. The summed E-state index contributed by atoms with van der Waals surface area (Å²) in [7, 11) is -1.65. The second kappa shape index (κ2) is 7.63. The fourth-order valence-corrected chi connectivity index (χ4v) is 4.49. The molecule has 0 fully saturated rings. The minimum absolute atomic E-state index is 0.299. The average molecular weight is 244 g/mol. The van der Waals surface area contributed by atoms with Gasteiger partial charge in [-0.05, 0) is 25.9 Å². The van der Waals surface area contributed by atoms with Crippen molar-refractivity contribution in [3.63, 3.8) is 0 Å². The summed E-state index contributed by atoms with van der Waals surface area (Å²) in [6.45, 7) is 12.8. The molecule has 0 aliphatic carbocycles. The molecule has 0 rings (SSSR count). The molecule has 0 heterocycles. The molecule has 4 heteroatoms. The molecule has 0 saturated carbocycles. The highest BCUT2D eigenvalue weighted by molar-refractivity contribution is 6.73. The molecule has 0 aromatic carbocycles. The Morgan fingerprint density at radius 3 is 2.19 bits per heavy atom. The van der Waals surface area contributed by atoms with E-state index < -0.39 is 8.32 Å². The zero-order chi connectivity index (χ0) is 12.6. The van der Waals surface area contributed by atoms with Crippen LogP contribution in [0.5, 0.6) is 0 Å². The van der Waals surface area contributed by atoms with E-state index in [0.29, 0.717) is 12.2 Å². The molecule has 0 aliphatic rings. The Labute approximate surface area is 100.0 Å². The molecule has 0 bridgehead atoms. The molecule has 0 saturated heterocycles. The summed E-state index contributed by atoms with van der Waals surface area (Å²) in [5.74, 6) is -0.299. The first-order chi connectivity index (χ1) is 7.51. The van der Waals surface area contributed by atoms with Gasteiger partial charge in [-0.25, -0.2) is 4.79 Å². The molecule has 0 N–H and O–H groups in total. The van der Waals surface area contributed by atoms with Crippen molar-refractivity contribution in [3.8, 4) is 0 Å². The maximum Gasteiger partial charge on any atom is 0.333 e. The van der Waals surface area contributed by atoms with Gasteiger partial charge in [-0.3, -0.25) is 0 Å². The third-order valence-corrected chi connectivity index (χ3v) is 7.47. The molecular formula is C12H24O3Si. The van der Waals surface area contributed by atoms with Crippen molar-refractivity contribution in [2.75, 3.05) is 13.2 Å². The lowest BCUT2D eigenvalue weighted by molar-refractivity contribution is -0.138. The predicted molar refractivity (Wildman–Crippen MR) is 68.9 cm³/mol. The number of carbonyl (C=O) groups excluding carboxylic acids is 1. The predicted octanol–water partition coefficient (Wildman–Crippen LogP) is 3.13. The van der Waals surface area contributed by atoms with Gasteiger partial charge >= 0.3 is 5.97 Å². The monoisotopic (exact) mass is 244 g/mol. The van der Waals surface area contributed by atoms with E-state index in [1.165, 1.54) is 0 Å². The zero-order valence-electron chi connectivity index (χ0n) is 11.0. The molecule has 0 aliphatic heterocycles. The van der Waals surface area contributed by atoms with Gasteiger partial charge in [0.1, 0.15) is 0 Å². The second-order valence-electron chi connectivity index (χ2n) is 3.99. The van der Waals surface area contributed by atoms with E-state index in [1.807, 2.05) is 6.92 Å². The maximum absolute atomic E-state index is 11.2. The first kappa shape index (κ1) is 15.4. The maximum atomic E-state index is 11.2. The average Bonchev–Trinajstić information content (AvgIpc) is 2.27. The van der Waals surface area contributed by atoms with E-state index in [2.05, 4.69) is 20.4 Å². The standard InChI is InChI=1S/C12H24O3Si/c1-6-15-16(7-2,8-3)10-9-14-12(13)11(4)5/h4,6-10H2,1-3,5H3. The highest BCUT2D eigenvalue weighted by atomic mass is 28.4. The summed E-state index contributed by atoms with van der Waals surface area (Å²) < 4.78 is 11.0. The van der Waals surface area contributed by atoms with Gasteiger partial charge in [0.15, 0.2) is 8.32 Å². The Morgan fingerprint density at radius 1 is 1.25 bits per heavy atom. The summed E-state index contributed by atoms with van der Waals surface area (Å²) in [6, 6.07) is 3.02. The van der Waals surface area contributed by atoms with Gasteiger partial charge in [-0.2, -0.15) is 0 Å². The van der Waals surface area contributed by atoms with Gasteiger partial charge in [-0.15, -0.1) is 0 Å². The molecule has 0 amide bonds. The van der Waals surface area contributed by atoms with Gasteiger partial charge in [0, 0.05) is 18.2 Å². The van der Waals surface area contributed by atoms with Crippen LogP contribution in [0.2, 0.25) is 18.1 Å².